The van der Waals surface area contributed by atoms with Crippen LogP contribution < -0.4 is 5.32 Å². The van der Waals surface area contributed by atoms with Gasteiger partial charge in [-0.3, -0.25) is 4.79 Å². The van der Waals surface area contributed by atoms with Gasteiger partial charge in [0.25, 0.3) is 0 Å². The van der Waals surface area contributed by atoms with Crippen molar-refractivity contribution in [3.63, 3.8) is 0 Å². The predicted octanol–water partition coefficient (Wildman–Crippen LogP) is 4.91. The number of carbonyl (C=O) groups is 1. The molecule has 2 aromatic carbocycles. The topological polar surface area (TPSA) is 29.1 Å². The molecule has 0 aliphatic rings. The van der Waals surface area contributed by atoms with E-state index in [4.69, 9.17) is 0 Å². The molecule has 2 rings (SSSR count). The first-order valence-electron chi connectivity index (χ1n) is 8.68. The van der Waals surface area contributed by atoms with E-state index in [2.05, 4.69) is 36.5 Å². The number of nitrogens with one attached hydrogen (secondary N) is 1. The zero-order chi connectivity index (χ0) is 16.3. The van der Waals surface area contributed by atoms with Crippen LogP contribution in [0.15, 0.2) is 60.7 Å². The van der Waals surface area contributed by atoms with Gasteiger partial charge in [0.1, 0.15) is 0 Å². The minimum atomic E-state index is 0.119. The third kappa shape index (κ3) is 5.90. The van der Waals surface area contributed by atoms with E-state index >= 15 is 0 Å². The Kier molecular flexibility index (Phi) is 7.38. The number of carbonyl (C=O) groups excluding carboxylic acids is 1. The maximum atomic E-state index is 12.3. The second kappa shape index (κ2) is 9.83. The maximum Gasteiger partial charge on any atom is 0.220 e. The van der Waals surface area contributed by atoms with E-state index in [1.807, 2.05) is 36.4 Å². The van der Waals surface area contributed by atoms with Crippen LogP contribution >= 0.6 is 0 Å². The van der Waals surface area contributed by atoms with Crippen molar-refractivity contribution in [1.82, 2.24) is 5.32 Å². The van der Waals surface area contributed by atoms with Crippen LogP contribution in [0.1, 0.15) is 56.1 Å². The van der Waals surface area contributed by atoms with Gasteiger partial charge in [-0.2, -0.15) is 0 Å². The molecule has 0 unspecified atom stereocenters. The molecule has 0 radical (unpaired) electrons. The van der Waals surface area contributed by atoms with E-state index < -0.39 is 0 Å². The molecule has 0 heterocycles. The van der Waals surface area contributed by atoms with Crippen molar-refractivity contribution in [3.8, 4) is 0 Å². The Hall–Kier alpha value is -2.09. The highest BCUT2D eigenvalue weighted by atomic mass is 16.1. The lowest BCUT2D eigenvalue weighted by molar-refractivity contribution is -0.121. The van der Waals surface area contributed by atoms with Gasteiger partial charge in [0.15, 0.2) is 0 Å². The summed E-state index contributed by atoms with van der Waals surface area (Å²) in [6, 6.07) is 20.6. The lowest BCUT2D eigenvalue weighted by atomic mass is 9.88. The summed E-state index contributed by atoms with van der Waals surface area (Å²) in [6.45, 7) is 2.98. The van der Waals surface area contributed by atoms with Crippen molar-refractivity contribution in [1.29, 1.82) is 0 Å². The zero-order valence-electron chi connectivity index (χ0n) is 14.0. The molecule has 1 amide bonds. The number of hydrogen-bond donors (Lipinski definition) is 1. The molecule has 0 atom stereocenters. The van der Waals surface area contributed by atoms with Crippen LogP contribution in [-0.4, -0.2) is 12.5 Å². The smallest absolute Gasteiger partial charge is 0.220 e. The molecule has 0 saturated heterocycles. The molecular formula is C21H27NO. The fourth-order valence-electron chi connectivity index (χ4n) is 2.84. The SMILES string of the molecule is CCCCCCNC(=O)CC(c1ccccc1)c1ccccc1. The molecule has 0 aliphatic heterocycles. The fraction of sp³-hybridized carbons (Fsp3) is 0.381. The maximum absolute atomic E-state index is 12.3. The number of hydrogen-bond acceptors (Lipinski definition) is 1. The molecule has 2 heteroatoms. The van der Waals surface area contributed by atoms with Crippen molar-refractivity contribution < 1.29 is 4.79 Å². The molecule has 0 spiro atoms. The molecule has 23 heavy (non-hydrogen) atoms. The van der Waals surface area contributed by atoms with Gasteiger partial charge in [0, 0.05) is 18.9 Å². The average Bonchev–Trinajstić information content (AvgIpc) is 2.61. The number of unbranched alkanes of at least 4 members (excludes halogenated alkanes) is 3. The average molecular weight is 309 g/mol. The highest BCUT2D eigenvalue weighted by molar-refractivity contribution is 5.77. The molecule has 0 bridgehead atoms. The molecule has 0 fully saturated rings. The van der Waals surface area contributed by atoms with Gasteiger partial charge < -0.3 is 5.32 Å². The van der Waals surface area contributed by atoms with E-state index in [0.717, 1.165) is 13.0 Å². The number of benzene rings is 2. The van der Waals surface area contributed by atoms with E-state index in [9.17, 15) is 4.79 Å². The monoisotopic (exact) mass is 309 g/mol. The molecule has 1 N–H and O–H groups in total. The summed E-state index contributed by atoms with van der Waals surface area (Å²) < 4.78 is 0. The fourth-order valence-corrected chi connectivity index (χ4v) is 2.84. The van der Waals surface area contributed by atoms with Crippen LogP contribution in [0.25, 0.3) is 0 Å². The quantitative estimate of drug-likeness (QED) is 0.655. The Morgan fingerprint density at radius 1 is 0.870 bits per heavy atom. The van der Waals surface area contributed by atoms with Crippen LogP contribution in [0.2, 0.25) is 0 Å². The highest BCUT2D eigenvalue weighted by Crippen LogP contribution is 2.27. The number of rotatable bonds is 9. The molecular weight excluding hydrogens is 282 g/mol. The van der Waals surface area contributed by atoms with Crippen molar-refractivity contribution in [2.45, 2.75) is 44.9 Å². The Labute approximate surface area is 139 Å². The molecule has 2 aromatic rings. The molecule has 2 nitrogen and oxygen atoms in total. The Balaban J connectivity index is 1.97. The van der Waals surface area contributed by atoms with Gasteiger partial charge in [-0.05, 0) is 17.5 Å². The second-order valence-electron chi connectivity index (χ2n) is 5.99. The van der Waals surface area contributed by atoms with Crippen molar-refractivity contribution in [2.75, 3.05) is 6.54 Å². The van der Waals surface area contributed by atoms with Crippen molar-refractivity contribution in [3.05, 3.63) is 71.8 Å². The van der Waals surface area contributed by atoms with E-state index in [1.54, 1.807) is 0 Å². The van der Waals surface area contributed by atoms with Crippen molar-refractivity contribution in [2.24, 2.45) is 0 Å². The largest absolute Gasteiger partial charge is 0.356 e. The lowest BCUT2D eigenvalue weighted by Crippen LogP contribution is -2.26. The molecule has 0 aliphatic carbocycles. The summed E-state index contributed by atoms with van der Waals surface area (Å²) in [5.74, 6) is 0.257. The van der Waals surface area contributed by atoms with Crippen LogP contribution in [0.3, 0.4) is 0 Å². The third-order valence-corrected chi connectivity index (χ3v) is 4.15. The van der Waals surface area contributed by atoms with Crippen LogP contribution in [-0.2, 0) is 4.79 Å². The van der Waals surface area contributed by atoms with E-state index in [-0.39, 0.29) is 11.8 Å². The zero-order valence-corrected chi connectivity index (χ0v) is 14.0. The summed E-state index contributed by atoms with van der Waals surface area (Å²) in [4.78, 5) is 12.3. The Bertz CT molecular complexity index is 525. The Morgan fingerprint density at radius 2 is 1.43 bits per heavy atom. The van der Waals surface area contributed by atoms with Gasteiger partial charge in [0.05, 0.1) is 0 Å². The molecule has 0 aromatic heterocycles. The minimum Gasteiger partial charge on any atom is -0.356 e. The number of amides is 1. The minimum absolute atomic E-state index is 0.119. The first kappa shape index (κ1) is 17.3. The predicted molar refractivity (Wildman–Crippen MR) is 96.5 cm³/mol. The van der Waals surface area contributed by atoms with Crippen LogP contribution in [0, 0.1) is 0 Å². The van der Waals surface area contributed by atoms with Crippen LogP contribution in [0.5, 0.6) is 0 Å². The standard InChI is InChI=1S/C21H27NO/c1-2-3-4-11-16-22-21(23)17-20(18-12-7-5-8-13-18)19-14-9-6-10-15-19/h5-10,12-15,20H,2-4,11,16-17H2,1H3,(H,22,23). The summed E-state index contributed by atoms with van der Waals surface area (Å²) in [6.07, 6.45) is 5.23. The third-order valence-electron chi connectivity index (χ3n) is 4.15. The van der Waals surface area contributed by atoms with E-state index in [1.165, 1.54) is 30.4 Å². The molecule has 122 valence electrons. The lowest BCUT2D eigenvalue weighted by Gasteiger charge is -2.18. The van der Waals surface area contributed by atoms with Gasteiger partial charge in [-0.15, -0.1) is 0 Å². The normalized spacial score (nSPS) is 10.7. The second-order valence-corrected chi connectivity index (χ2v) is 5.99. The van der Waals surface area contributed by atoms with Gasteiger partial charge >= 0.3 is 0 Å². The summed E-state index contributed by atoms with van der Waals surface area (Å²) in [5, 5.41) is 3.07. The van der Waals surface area contributed by atoms with Crippen molar-refractivity contribution >= 4 is 5.91 Å². The van der Waals surface area contributed by atoms with Gasteiger partial charge in [0.2, 0.25) is 5.91 Å². The Morgan fingerprint density at radius 3 is 1.96 bits per heavy atom. The summed E-state index contributed by atoms with van der Waals surface area (Å²) in [7, 11) is 0. The van der Waals surface area contributed by atoms with E-state index in [0.29, 0.717) is 6.42 Å². The summed E-state index contributed by atoms with van der Waals surface area (Å²) in [5.41, 5.74) is 2.39. The van der Waals surface area contributed by atoms with Gasteiger partial charge in [-0.1, -0.05) is 86.8 Å². The summed E-state index contributed by atoms with van der Waals surface area (Å²) >= 11 is 0. The van der Waals surface area contributed by atoms with Crippen LogP contribution in [0.4, 0.5) is 0 Å². The first-order chi connectivity index (χ1) is 11.3. The highest BCUT2D eigenvalue weighted by Gasteiger charge is 2.17. The van der Waals surface area contributed by atoms with Gasteiger partial charge in [-0.25, -0.2) is 0 Å². The first-order valence-corrected chi connectivity index (χ1v) is 8.68. The molecule has 0 saturated carbocycles.